The van der Waals surface area contributed by atoms with Gasteiger partial charge in [0.1, 0.15) is 0 Å². The summed E-state index contributed by atoms with van der Waals surface area (Å²) in [6, 6.07) is 6.13. The van der Waals surface area contributed by atoms with E-state index in [0.29, 0.717) is 25.8 Å². The number of nitrogens with one attached hydrogen (secondary N) is 1. The molecular weight excluding hydrogens is 356 g/mol. The van der Waals surface area contributed by atoms with Crippen LogP contribution in [0.5, 0.6) is 0 Å². The van der Waals surface area contributed by atoms with E-state index in [1.165, 1.54) is 12.1 Å². The highest BCUT2D eigenvalue weighted by molar-refractivity contribution is 7.89. The van der Waals surface area contributed by atoms with E-state index in [-0.39, 0.29) is 10.8 Å². The summed E-state index contributed by atoms with van der Waals surface area (Å²) in [5.41, 5.74) is 2.96. The molecule has 0 unspecified atom stereocenters. The largest absolute Gasteiger partial charge is 0.481 e. The number of hydrogen-bond donors (Lipinski definition) is 3. The van der Waals surface area contributed by atoms with Crippen molar-refractivity contribution >= 4 is 21.9 Å². The van der Waals surface area contributed by atoms with Crippen LogP contribution in [-0.4, -0.2) is 31.9 Å². The van der Waals surface area contributed by atoms with Crippen molar-refractivity contribution in [1.29, 1.82) is 0 Å². The molecule has 26 heavy (non-hydrogen) atoms. The summed E-state index contributed by atoms with van der Waals surface area (Å²) in [7, 11) is -3.72. The maximum absolute atomic E-state index is 12.4. The summed E-state index contributed by atoms with van der Waals surface area (Å²) in [6.07, 6.45) is 1.36. The molecule has 142 valence electrons. The molecule has 7 nitrogen and oxygen atoms in total. The lowest BCUT2D eigenvalue weighted by Crippen LogP contribution is -2.40. The lowest BCUT2D eigenvalue weighted by atomic mass is 9.76. The summed E-state index contributed by atoms with van der Waals surface area (Å²) >= 11 is 0. The van der Waals surface area contributed by atoms with E-state index in [2.05, 4.69) is 5.32 Å². The van der Waals surface area contributed by atoms with Gasteiger partial charge in [-0.15, -0.1) is 0 Å². The fraction of sp³-hybridized carbons (Fsp3) is 0.444. The standard InChI is InChI=1S/C18H24N2O5S/c1-11-9-15(16(18(22)23)10-12(11)2)17(21)20-8-7-13-3-5-14(6-4-13)26(19,24)25/h3-6,15-16H,7-10H2,1-2H3,(H,20,21)(H,22,23)(H2,19,24,25)/t15-,16-/m0/s1. The predicted octanol–water partition coefficient (Wildman–Crippen LogP) is 1.44. The average molecular weight is 380 g/mol. The maximum Gasteiger partial charge on any atom is 0.307 e. The highest BCUT2D eigenvalue weighted by atomic mass is 32.2. The van der Waals surface area contributed by atoms with Crippen LogP contribution in [0.4, 0.5) is 0 Å². The molecule has 0 saturated heterocycles. The summed E-state index contributed by atoms with van der Waals surface area (Å²) in [5, 5.41) is 17.2. The Balaban J connectivity index is 1.94. The highest BCUT2D eigenvalue weighted by Crippen LogP contribution is 2.34. The third kappa shape index (κ3) is 4.92. The Morgan fingerprint density at radius 2 is 1.65 bits per heavy atom. The summed E-state index contributed by atoms with van der Waals surface area (Å²) in [6.45, 7) is 4.18. The first kappa shape index (κ1) is 20.1. The van der Waals surface area contributed by atoms with Gasteiger partial charge in [-0.25, -0.2) is 13.6 Å². The maximum atomic E-state index is 12.4. The second kappa shape index (κ2) is 8.01. The third-order valence-corrected chi connectivity index (χ3v) is 5.81. The predicted molar refractivity (Wildman–Crippen MR) is 96.8 cm³/mol. The van der Waals surface area contributed by atoms with Crippen LogP contribution in [0.3, 0.4) is 0 Å². The first-order chi connectivity index (χ1) is 12.1. The normalized spacial score (nSPS) is 20.7. The summed E-state index contributed by atoms with van der Waals surface area (Å²) in [4.78, 5) is 24.0. The lowest BCUT2D eigenvalue weighted by molar-refractivity contribution is -0.147. The van der Waals surface area contributed by atoms with Crippen LogP contribution in [0.25, 0.3) is 0 Å². The molecule has 4 N–H and O–H groups in total. The molecule has 0 bridgehead atoms. The topological polar surface area (TPSA) is 127 Å². The molecule has 1 aliphatic carbocycles. The van der Waals surface area contributed by atoms with Crippen LogP contribution >= 0.6 is 0 Å². The Labute approximate surface area is 153 Å². The zero-order valence-electron chi connectivity index (χ0n) is 14.9. The molecule has 0 heterocycles. The molecule has 8 heteroatoms. The van der Waals surface area contributed by atoms with Crippen LogP contribution in [0.15, 0.2) is 40.3 Å². The van der Waals surface area contributed by atoms with Crippen LogP contribution in [0, 0.1) is 11.8 Å². The lowest BCUT2D eigenvalue weighted by Gasteiger charge is -2.29. The van der Waals surface area contributed by atoms with Gasteiger partial charge in [0.05, 0.1) is 16.7 Å². The van der Waals surface area contributed by atoms with E-state index < -0.39 is 27.8 Å². The van der Waals surface area contributed by atoms with Crippen molar-refractivity contribution in [3.05, 3.63) is 41.0 Å². The van der Waals surface area contributed by atoms with Gasteiger partial charge >= 0.3 is 5.97 Å². The molecule has 1 amide bonds. The molecule has 1 aliphatic rings. The minimum absolute atomic E-state index is 0.0365. The van der Waals surface area contributed by atoms with Crippen molar-refractivity contribution in [3.63, 3.8) is 0 Å². The number of primary sulfonamides is 1. The Hall–Kier alpha value is -2.19. The van der Waals surface area contributed by atoms with Crippen molar-refractivity contribution < 1.29 is 23.1 Å². The Bertz CT molecular complexity index is 828. The van der Waals surface area contributed by atoms with Gasteiger partial charge < -0.3 is 10.4 Å². The minimum atomic E-state index is -3.72. The smallest absolute Gasteiger partial charge is 0.307 e. The zero-order valence-corrected chi connectivity index (χ0v) is 15.7. The number of carbonyl (C=O) groups is 2. The SMILES string of the molecule is CC1=C(C)C[C@H](C(=O)NCCc2ccc(S(N)(=O)=O)cc2)[C@@H](C(=O)O)C1. The number of rotatable bonds is 6. The van der Waals surface area contributed by atoms with Crippen molar-refractivity contribution in [2.75, 3.05) is 6.54 Å². The molecule has 0 saturated carbocycles. The number of carbonyl (C=O) groups excluding carboxylic acids is 1. The second-order valence-electron chi connectivity index (χ2n) is 6.75. The quantitative estimate of drug-likeness (QED) is 0.644. The minimum Gasteiger partial charge on any atom is -0.481 e. The number of amides is 1. The molecular formula is C18H24N2O5S. The summed E-state index contributed by atoms with van der Waals surface area (Å²) in [5.74, 6) is -2.48. The van der Waals surface area contributed by atoms with Gasteiger partial charge in [0.2, 0.25) is 15.9 Å². The molecule has 0 radical (unpaired) electrons. The number of carboxylic acid groups (broad SMARTS) is 1. The second-order valence-corrected chi connectivity index (χ2v) is 8.31. The fourth-order valence-corrected chi connectivity index (χ4v) is 3.65. The van der Waals surface area contributed by atoms with Gasteiger partial charge in [-0.2, -0.15) is 0 Å². The first-order valence-corrected chi connectivity index (χ1v) is 9.91. The fourth-order valence-electron chi connectivity index (χ4n) is 3.13. The van der Waals surface area contributed by atoms with Gasteiger partial charge in [-0.1, -0.05) is 23.3 Å². The Kier molecular flexibility index (Phi) is 6.20. The van der Waals surface area contributed by atoms with E-state index in [0.717, 1.165) is 16.7 Å². The van der Waals surface area contributed by atoms with Crippen molar-refractivity contribution in [3.8, 4) is 0 Å². The van der Waals surface area contributed by atoms with Gasteiger partial charge in [-0.05, 0) is 50.8 Å². The molecule has 0 fully saturated rings. The highest BCUT2D eigenvalue weighted by Gasteiger charge is 2.36. The van der Waals surface area contributed by atoms with Crippen LogP contribution in [-0.2, 0) is 26.0 Å². The van der Waals surface area contributed by atoms with Crippen LogP contribution in [0.2, 0.25) is 0 Å². The van der Waals surface area contributed by atoms with Crippen LogP contribution < -0.4 is 10.5 Å². The molecule has 2 atom stereocenters. The van der Waals surface area contributed by atoms with Crippen molar-refractivity contribution in [1.82, 2.24) is 5.32 Å². The third-order valence-electron chi connectivity index (χ3n) is 4.89. The Morgan fingerprint density at radius 3 is 2.15 bits per heavy atom. The number of carboxylic acids is 1. The molecule has 0 spiro atoms. The van der Waals surface area contributed by atoms with Crippen LogP contribution in [0.1, 0.15) is 32.3 Å². The Morgan fingerprint density at radius 1 is 1.12 bits per heavy atom. The zero-order chi connectivity index (χ0) is 19.5. The van der Waals surface area contributed by atoms with E-state index in [1.807, 2.05) is 13.8 Å². The van der Waals surface area contributed by atoms with Gasteiger partial charge in [-0.3, -0.25) is 9.59 Å². The van der Waals surface area contributed by atoms with E-state index in [4.69, 9.17) is 5.14 Å². The van der Waals surface area contributed by atoms with E-state index in [9.17, 15) is 23.1 Å². The van der Waals surface area contributed by atoms with Crippen molar-refractivity contribution in [2.24, 2.45) is 17.0 Å². The molecule has 1 aromatic carbocycles. The number of nitrogens with two attached hydrogens (primary N) is 1. The molecule has 0 aliphatic heterocycles. The number of allylic oxidation sites excluding steroid dienone is 2. The van der Waals surface area contributed by atoms with Gasteiger partial charge in [0.25, 0.3) is 0 Å². The number of hydrogen-bond acceptors (Lipinski definition) is 4. The molecule has 1 aromatic rings. The monoisotopic (exact) mass is 380 g/mol. The number of aliphatic carboxylic acids is 1. The number of benzene rings is 1. The molecule has 2 rings (SSSR count). The van der Waals surface area contributed by atoms with E-state index >= 15 is 0 Å². The first-order valence-electron chi connectivity index (χ1n) is 8.37. The van der Waals surface area contributed by atoms with Gasteiger partial charge in [0.15, 0.2) is 0 Å². The summed E-state index contributed by atoms with van der Waals surface area (Å²) < 4.78 is 22.5. The van der Waals surface area contributed by atoms with Crippen molar-refractivity contribution in [2.45, 2.75) is 38.0 Å². The average Bonchev–Trinajstić information content (AvgIpc) is 2.56. The number of sulfonamides is 1. The molecule has 0 aromatic heterocycles. The van der Waals surface area contributed by atoms with Gasteiger partial charge in [0, 0.05) is 6.54 Å². The van der Waals surface area contributed by atoms with E-state index in [1.54, 1.807) is 12.1 Å².